The molecule has 4 N–H and O–H groups in total. The van der Waals surface area contributed by atoms with Crippen molar-refractivity contribution in [2.75, 3.05) is 18.4 Å². The molecule has 2 rings (SSSR count). The fraction of sp³-hybridized carbons (Fsp3) is 0.429. The lowest BCUT2D eigenvalue weighted by molar-refractivity contribution is 0.193. The van der Waals surface area contributed by atoms with Gasteiger partial charge in [-0.2, -0.15) is 0 Å². The molecule has 2 amide bonds. The van der Waals surface area contributed by atoms with E-state index in [0.717, 1.165) is 18.5 Å². The Bertz CT molecular complexity index is 461. The number of amides is 2. The summed E-state index contributed by atoms with van der Waals surface area (Å²) in [5, 5.41) is 10.3. The summed E-state index contributed by atoms with van der Waals surface area (Å²) in [5.74, 6) is 0.363. The minimum absolute atomic E-state index is 0.0779. The van der Waals surface area contributed by atoms with E-state index in [0.29, 0.717) is 13.1 Å². The van der Waals surface area contributed by atoms with Gasteiger partial charge in [-0.25, -0.2) is 4.79 Å². The first-order chi connectivity index (χ1) is 9.06. The second-order valence-electron chi connectivity index (χ2n) is 5.01. The standard InChI is InChI=1S/C14H20N4O/c1-10-2-4-12(5-3-10)17-14(19)18-8-6-11(7-9-18)13(15)16/h2-5,11H,6-9H2,1H3,(H3,15,16)(H,17,19). The highest BCUT2D eigenvalue weighted by Crippen LogP contribution is 2.18. The molecule has 19 heavy (non-hydrogen) atoms. The van der Waals surface area contributed by atoms with Crippen molar-refractivity contribution in [3.63, 3.8) is 0 Å². The molecule has 0 saturated carbocycles. The van der Waals surface area contributed by atoms with Crippen LogP contribution in [-0.2, 0) is 0 Å². The molecular weight excluding hydrogens is 240 g/mol. The molecule has 102 valence electrons. The second kappa shape index (κ2) is 5.73. The number of benzene rings is 1. The molecule has 0 radical (unpaired) electrons. The van der Waals surface area contributed by atoms with Crippen molar-refractivity contribution in [2.24, 2.45) is 11.7 Å². The molecule has 1 aromatic rings. The summed E-state index contributed by atoms with van der Waals surface area (Å²) in [5.41, 5.74) is 7.47. The van der Waals surface area contributed by atoms with Crippen molar-refractivity contribution in [1.82, 2.24) is 4.90 Å². The largest absolute Gasteiger partial charge is 0.387 e. The van der Waals surface area contributed by atoms with Gasteiger partial charge in [-0.1, -0.05) is 17.7 Å². The summed E-state index contributed by atoms with van der Waals surface area (Å²) in [4.78, 5) is 13.8. The first-order valence-electron chi connectivity index (χ1n) is 6.53. The van der Waals surface area contributed by atoms with Crippen LogP contribution in [0.15, 0.2) is 24.3 Å². The molecule has 5 heteroatoms. The molecule has 1 aliphatic heterocycles. The lowest BCUT2D eigenvalue weighted by atomic mass is 9.96. The van der Waals surface area contributed by atoms with Crippen LogP contribution in [0.5, 0.6) is 0 Å². The number of piperidine rings is 1. The molecule has 1 fully saturated rings. The van der Waals surface area contributed by atoms with Gasteiger partial charge in [0.25, 0.3) is 0 Å². The second-order valence-corrected chi connectivity index (χ2v) is 5.01. The maximum Gasteiger partial charge on any atom is 0.321 e. The number of anilines is 1. The highest BCUT2D eigenvalue weighted by Gasteiger charge is 2.24. The number of hydrogen-bond donors (Lipinski definition) is 3. The van der Waals surface area contributed by atoms with E-state index < -0.39 is 0 Å². The van der Waals surface area contributed by atoms with Crippen LogP contribution < -0.4 is 11.1 Å². The number of amidine groups is 1. The van der Waals surface area contributed by atoms with Crippen molar-refractivity contribution in [3.8, 4) is 0 Å². The van der Waals surface area contributed by atoms with Gasteiger partial charge in [-0.15, -0.1) is 0 Å². The van der Waals surface area contributed by atoms with Gasteiger partial charge in [0.2, 0.25) is 0 Å². The zero-order chi connectivity index (χ0) is 13.8. The quantitative estimate of drug-likeness (QED) is 0.562. The average Bonchev–Trinajstić information content (AvgIpc) is 2.41. The number of likely N-dealkylation sites (tertiary alicyclic amines) is 1. The number of hydrogen-bond acceptors (Lipinski definition) is 2. The van der Waals surface area contributed by atoms with Crippen molar-refractivity contribution in [1.29, 1.82) is 5.41 Å². The Labute approximate surface area is 113 Å². The molecule has 0 spiro atoms. The third kappa shape index (κ3) is 3.47. The van der Waals surface area contributed by atoms with Gasteiger partial charge in [0, 0.05) is 24.7 Å². The zero-order valence-electron chi connectivity index (χ0n) is 11.1. The van der Waals surface area contributed by atoms with E-state index in [9.17, 15) is 4.79 Å². The van der Waals surface area contributed by atoms with Crippen LogP contribution in [0.1, 0.15) is 18.4 Å². The number of aryl methyl sites for hydroxylation is 1. The van der Waals surface area contributed by atoms with Gasteiger partial charge in [0.15, 0.2) is 0 Å². The van der Waals surface area contributed by atoms with Crippen molar-refractivity contribution in [2.45, 2.75) is 19.8 Å². The third-order valence-electron chi connectivity index (χ3n) is 3.52. The Morgan fingerprint density at radius 3 is 2.42 bits per heavy atom. The zero-order valence-corrected chi connectivity index (χ0v) is 11.1. The molecule has 5 nitrogen and oxygen atoms in total. The summed E-state index contributed by atoms with van der Waals surface area (Å²) in [7, 11) is 0. The first kappa shape index (κ1) is 13.4. The predicted octanol–water partition coefficient (Wildman–Crippen LogP) is 2.17. The van der Waals surface area contributed by atoms with Crippen LogP contribution in [0.4, 0.5) is 10.5 Å². The topological polar surface area (TPSA) is 82.2 Å². The Balaban J connectivity index is 1.88. The van der Waals surface area contributed by atoms with Crippen LogP contribution >= 0.6 is 0 Å². The molecule has 0 aliphatic carbocycles. The van der Waals surface area contributed by atoms with Gasteiger partial charge in [-0.05, 0) is 31.9 Å². The maximum absolute atomic E-state index is 12.1. The monoisotopic (exact) mass is 260 g/mol. The van der Waals surface area contributed by atoms with E-state index >= 15 is 0 Å². The van der Waals surface area contributed by atoms with E-state index in [4.69, 9.17) is 11.1 Å². The Morgan fingerprint density at radius 1 is 1.32 bits per heavy atom. The summed E-state index contributed by atoms with van der Waals surface area (Å²) in [6, 6.07) is 7.66. The van der Waals surface area contributed by atoms with Crippen LogP contribution in [0, 0.1) is 18.3 Å². The van der Waals surface area contributed by atoms with Gasteiger partial charge < -0.3 is 16.0 Å². The van der Waals surface area contributed by atoms with Crippen LogP contribution in [0.2, 0.25) is 0 Å². The fourth-order valence-corrected chi connectivity index (χ4v) is 2.23. The fourth-order valence-electron chi connectivity index (χ4n) is 2.23. The van der Waals surface area contributed by atoms with E-state index in [1.807, 2.05) is 31.2 Å². The van der Waals surface area contributed by atoms with E-state index in [2.05, 4.69) is 5.32 Å². The molecule has 1 saturated heterocycles. The van der Waals surface area contributed by atoms with E-state index in [1.165, 1.54) is 5.56 Å². The number of nitrogens with two attached hydrogens (primary N) is 1. The molecule has 0 unspecified atom stereocenters. The van der Waals surface area contributed by atoms with Crippen LogP contribution in [0.3, 0.4) is 0 Å². The maximum atomic E-state index is 12.1. The number of carbonyl (C=O) groups excluding carboxylic acids is 1. The Morgan fingerprint density at radius 2 is 1.89 bits per heavy atom. The molecule has 1 aromatic carbocycles. The Kier molecular flexibility index (Phi) is 4.04. The normalized spacial score (nSPS) is 16.2. The van der Waals surface area contributed by atoms with Gasteiger partial charge in [0.1, 0.15) is 0 Å². The van der Waals surface area contributed by atoms with E-state index in [-0.39, 0.29) is 17.8 Å². The third-order valence-corrected chi connectivity index (χ3v) is 3.52. The summed E-state index contributed by atoms with van der Waals surface area (Å²) in [6.07, 6.45) is 1.55. The van der Waals surface area contributed by atoms with Crippen molar-refractivity contribution >= 4 is 17.6 Å². The number of carbonyl (C=O) groups is 1. The van der Waals surface area contributed by atoms with Crippen LogP contribution in [0.25, 0.3) is 0 Å². The highest BCUT2D eigenvalue weighted by molar-refractivity contribution is 5.89. The summed E-state index contributed by atoms with van der Waals surface area (Å²) < 4.78 is 0. The molecule has 0 atom stereocenters. The molecule has 1 aliphatic rings. The average molecular weight is 260 g/mol. The smallest absolute Gasteiger partial charge is 0.321 e. The van der Waals surface area contributed by atoms with Crippen LogP contribution in [-0.4, -0.2) is 29.9 Å². The number of rotatable bonds is 2. The lowest BCUT2D eigenvalue weighted by Gasteiger charge is -2.31. The first-order valence-corrected chi connectivity index (χ1v) is 6.53. The minimum Gasteiger partial charge on any atom is -0.387 e. The van der Waals surface area contributed by atoms with Crippen molar-refractivity contribution < 1.29 is 4.79 Å². The number of nitrogens with zero attached hydrogens (tertiary/aromatic N) is 1. The minimum atomic E-state index is -0.0779. The van der Waals surface area contributed by atoms with Gasteiger partial charge in [0.05, 0.1) is 5.84 Å². The van der Waals surface area contributed by atoms with Gasteiger partial charge >= 0.3 is 6.03 Å². The highest BCUT2D eigenvalue weighted by atomic mass is 16.2. The van der Waals surface area contributed by atoms with Gasteiger partial charge in [-0.3, -0.25) is 5.41 Å². The summed E-state index contributed by atoms with van der Waals surface area (Å²) >= 11 is 0. The molecule has 1 heterocycles. The summed E-state index contributed by atoms with van der Waals surface area (Å²) in [6.45, 7) is 3.32. The Hall–Kier alpha value is -2.04. The van der Waals surface area contributed by atoms with Crippen molar-refractivity contribution in [3.05, 3.63) is 29.8 Å². The SMILES string of the molecule is Cc1ccc(NC(=O)N2CCC(C(=N)N)CC2)cc1. The number of nitrogens with one attached hydrogen (secondary N) is 2. The molecular formula is C14H20N4O. The molecule has 0 bridgehead atoms. The molecule has 0 aromatic heterocycles. The predicted molar refractivity (Wildman–Crippen MR) is 76.4 cm³/mol. The van der Waals surface area contributed by atoms with E-state index in [1.54, 1.807) is 4.90 Å². The number of urea groups is 1. The lowest BCUT2D eigenvalue weighted by Crippen LogP contribution is -2.43.